The Morgan fingerprint density at radius 1 is 1.30 bits per heavy atom. The maximum Gasteiger partial charge on any atom is 0.416 e. The van der Waals surface area contributed by atoms with Crippen LogP contribution in [0, 0.1) is 0 Å². The third-order valence-electron chi connectivity index (χ3n) is 3.21. The van der Waals surface area contributed by atoms with Crippen molar-refractivity contribution >= 4 is 11.7 Å². The van der Waals surface area contributed by atoms with Crippen LogP contribution < -0.4 is 11.1 Å². The molecule has 1 fully saturated rings. The number of amides is 2. The predicted octanol–water partition coefficient (Wildman–Crippen LogP) is 2.66. The van der Waals surface area contributed by atoms with Crippen molar-refractivity contribution in [3.05, 3.63) is 29.8 Å². The summed E-state index contributed by atoms with van der Waals surface area (Å²) in [5.41, 5.74) is 5.37. The molecule has 0 aliphatic carbocycles. The molecule has 1 unspecified atom stereocenters. The van der Waals surface area contributed by atoms with Crippen LogP contribution in [0.15, 0.2) is 24.3 Å². The molecule has 3 N–H and O–H groups in total. The van der Waals surface area contributed by atoms with Crippen LogP contribution in [0.2, 0.25) is 0 Å². The third kappa shape index (κ3) is 3.63. The Morgan fingerprint density at radius 2 is 1.95 bits per heavy atom. The van der Waals surface area contributed by atoms with E-state index in [0.717, 1.165) is 25.0 Å². The monoisotopic (exact) mass is 287 g/mol. The number of nitrogens with two attached hydrogens (primary N) is 1. The van der Waals surface area contributed by atoms with E-state index in [1.807, 2.05) is 0 Å². The van der Waals surface area contributed by atoms with Gasteiger partial charge >= 0.3 is 12.2 Å². The number of halogens is 3. The molecular weight excluding hydrogens is 271 g/mol. The van der Waals surface area contributed by atoms with E-state index >= 15 is 0 Å². The molecule has 2 rings (SSSR count). The van der Waals surface area contributed by atoms with Crippen molar-refractivity contribution in [2.24, 2.45) is 5.73 Å². The largest absolute Gasteiger partial charge is 0.416 e. The highest BCUT2D eigenvalue weighted by Gasteiger charge is 2.30. The zero-order valence-electron chi connectivity index (χ0n) is 10.8. The average molecular weight is 287 g/mol. The number of carbonyl (C=O) groups is 1. The number of alkyl halides is 3. The fourth-order valence-electron chi connectivity index (χ4n) is 2.14. The topological polar surface area (TPSA) is 58.4 Å². The van der Waals surface area contributed by atoms with Crippen LogP contribution in [0.25, 0.3) is 0 Å². The lowest BCUT2D eigenvalue weighted by Crippen LogP contribution is -2.47. The van der Waals surface area contributed by atoms with Crippen molar-refractivity contribution < 1.29 is 18.0 Å². The summed E-state index contributed by atoms with van der Waals surface area (Å²) in [6.07, 6.45) is -2.66. The van der Waals surface area contributed by atoms with E-state index in [4.69, 9.17) is 5.73 Å². The molecular formula is C13H16F3N3O. The molecule has 0 aromatic heterocycles. The van der Waals surface area contributed by atoms with Gasteiger partial charge in [-0.3, -0.25) is 0 Å². The molecule has 1 aromatic rings. The average Bonchev–Trinajstić information content (AvgIpc) is 2.38. The molecule has 1 aliphatic heterocycles. The molecule has 0 radical (unpaired) electrons. The number of hydrogen-bond donors (Lipinski definition) is 2. The van der Waals surface area contributed by atoms with E-state index in [9.17, 15) is 18.0 Å². The number of carbonyl (C=O) groups excluding carboxylic acids is 1. The van der Waals surface area contributed by atoms with Crippen molar-refractivity contribution in [1.29, 1.82) is 0 Å². The van der Waals surface area contributed by atoms with Crippen LogP contribution >= 0.6 is 0 Å². The second-order valence-corrected chi connectivity index (χ2v) is 4.85. The van der Waals surface area contributed by atoms with Gasteiger partial charge in [0.05, 0.1) is 5.56 Å². The molecule has 1 aliphatic rings. The molecule has 20 heavy (non-hydrogen) atoms. The van der Waals surface area contributed by atoms with Crippen LogP contribution in [-0.4, -0.2) is 30.1 Å². The maximum absolute atomic E-state index is 12.4. The fraction of sp³-hybridized carbons (Fsp3) is 0.462. The first-order valence-electron chi connectivity index (χ1n) is 6.35. The molecule has 7 heteroatoms. The summed E-state index contributed by atoms with van der Waals surface area (Å²) in [6, 6.07) is 3.99. The molecule has 4 nitrogen and oxygen atoms in total. The second kappa shape index (κ2) is 5.70. The Labute approximate surface area is 114 Å². The Morgan fingerprint density at radius 3 is 2.50 bits per heavy atom. The molecule has 2 amide bonds. The molecule has 110 valence electrons. The van der Waals surface area contributed by atoms with Crippen molar-refractivity contribution in [2.75, 3.05) is 18.4 Å². The molecule has 1 saturated heterocycles. The van der Waals surface area contributed by atoms with E-state index < -0.39 is 11.7 Å². The maximum atomic E-state index is 12.4. The predicted molar refractivity (Wildman–Crippen MR) is 69.2 cm³/mol. The Bertz CT molecular complexity index is 473. The van der Waals surface area contributed by atoms with Gasteiger partial charge in [-0.15, -0.1) is 0 Å². The fourth-order valence-corrected chi connectivity index (χ4v) is 2.14. The summed E-state index contributed by atoms with van der Waals surface area (Å²) in [5.74, 6) is 0. The molecule has 1 atom stereocenters. The number of nitrogens with one attached hydrogen (secondary N) is 1. The minimum Gasteiger partial charge on any atom is -0.326 e. The first-order valence-corrected chi connectivity index (χ1v) is 6.35. The highest BCUT2D eigenvalue weighted by atomic mass is 19.4. The summed E-state index contributed by atoms with van der Waals surface area (Å²) in [6.45, 7) is 1.08. The lowest BCUT2D eigenvalue weighted by Gasteiger charge is -2.30. The SMILES string of the molecule is NC1CCCN(C(=O)Nc2ccc(C(F)(F)F)cc2)C1. The molecule has 1 aromatic carbocycles. The molecule has 0 saturated carbocycles. The van der Waals surface area contributed by atoms with Crippen LogP contribution in [0.5, 0.6) is 0 Å². The van der Waals surface area contributed by atoms with Gasteiger partial charge in [0, 0.05) is 24.8 Å². The van der Waals surface area contributed by atoms with Gasteiger partial charge in [-0.05, 0) is 37.1 Å². The van der Waals surface area contributed by atoms with E-state index in [1.165, 1.54) is 12.1 Å². The molecule has 0 spiro atoms. The van der Waals surface area contributed by atoms with Gasteiger partial charge in [-0.1, -0.05) is 0 Å². The summed E-state index contributed by atoms with van der Waals surface area (Å²) in [4.78, 5) is 13.5. The van der Waals surface area contributed by atoms with Crippen LogP contribution in [0.3, 0.4) is 0 Å². The number of hydrogen-bond acceptors (Lipinski definition) is 2. The van der Waals surface area contributed by atoms with Gasteiger partial charge in [-0.25, -0.2) is 4.79 Å². The van der Waals surface area contributed by atoms with E-state index in [2.05, 4.69) is 5.32 Å². The summed E-state index contributed by atoms with van der Waals surface area (Å²) < 4.78 is 37.2. The highest BCUT2D eigenvalue weighted by molar-refractivity contribution is 5.89. The third-order valence-corrected chi connectivity index (χ3v) is 3.21. The number of likely N-dealkylation sites (tertiary alicyclic amines) is 1. The number of benzene rings is 1. The number of urea groups is 1. The van der Waals surface area contributed by atoms with E-state index in [0.29, 0.717) is 18.8 Å². The Hall–Kier alpha value is -1.76. The summed E-state index contributed by atoms with van der Waals surface area (Å²) >= 11 is 0. The van der Waals surface area contributed by atoms with Gasteiger partial charge < -0.3 is 16.0 Å². The zero-order valence-corrected chi connectivity index (χ0v) is 10.8. The van der Waals surface area contributed by atoms with Crippen molar-refractivity contribution in [1.82, 2.24) is 4.90 Å². The van der Waals surface area contributed by atoms with Gasteiger partial charge in [0.25, 0.3) is 0 Å². The quantitative estimate of drug-likeness (QED) is 0.834. The van der Waals surface area contributed by atoms with Gasteiger partial charge in [0.1, 0.15) is 0 Å². The molecule has 1 heterocycles. The summed E-state index contributed by atoms with van der Waals surface area (Å²) in [7, 11) is 0. The number of piperidine rings is 1. The van der Waals surface area contributed by atoms with Gasteiger partial charge in [0.2, 0.25) is 0 Å². The van der Waals surface area contributed by atoms with Crippen molar-refractivity contribution in [3.8, 4) is 0 Å². The van der Waals surface area contributed by atoms with Gasteiger partial charge in [-0.2, -0.15) is 13.2 Å². The smallest absolute Gasteiger partial charge is 0.326 e. The normalized spacial score (nSPS) is 19.8. The minimum absolute atomic E-state index is 0.0397. The molecule has 0 bridgehead atoms. The number of nitrogens with zero attached hydrogens (tertiary/aromatic N) is 1. The zero-order chi connectivity index (χ0) is 14.8. The van der Waals surface area contributed by atoms with E-state index in [-0.39, 0.29) is 12.1 Å². The lowest BCUT2D eigenvalue weighted by atomic mass is 10.1. The number of anilines is 1. The standard InChI is InChI=1S/C13H16F3N3O/c14-13(15,16)9-3-5-11(6-4-9)18-12(20)19-7-1-2-10(17)8-19/h3-6,10H,1-2,7-8,17H2,(H,18,20). The summed E-state index contributed by atoms with van der Waals surface area (Å²) in [5, 5.41) is 2.57. The van der Waals surface area contributed by atoms with Gasteiger partial charge in [0.15, 0.2) is 0 Å². The van der Waals surface area contributed by atoms with Crippen molar-refractivity contribution in [2.45, 2.75) is 25.1 Å². The van der Waals surface area contributed by atoms with Crippen LogP contribution in [0.1, 0.15) is 18.4 Å². The highest BCUT2D eigenvalue weighted by Crippen LogP contribution is 2.29. The first-order chi connectivity index (χ1) is 9.36. The lowest BCUT2D eigenvalue weighted by molar-refractivity contribution is -0.137. The van der Waals surface area contributed by atoms with Crippen LogP contribution in [0.4, 0.5) is 23.7 Å². The second-order valence-electron chi connectivity index (χ2n) is 4.85. The Kier molecular flexibility index (Phi) is 4.17. The number of rotatable bonds is 1. The Balaban J connectivity index is 1.97. The van der Waals surface area contributed by atoms with E-state index in [1.54, 1.807) is 4.90 Å². The minimum atomic E-state index is -4.37. The first kappa shape index (κ1) is 14.6. The van der Waals surface area contributed by atoms with Crippen LogP contribution in [-0.2, 0) is 6.18 Å². The van der Waals surface area contributed by atoms with Crippen molar-refractivity contribution in [3.63, 3.8) is 0 Å².